The van der Waals surface area contributed by atoms with Crippen molar-refractivity contribution in [1.29, 1.82) is 0 Å². The summed E-state index contributed by atoms with van der Waals surface area (Å²) in [5.41, 5.74) is 7.01. The van der Waals surface area contributed by atoms with Gasteiger partial charge in [-0.25, -0.2) is 4.98 Å². The van der Waals surface area contributed by atoms with Crippen molar-refractivity contribution in [1.82, 2.24) is 10.3 Å². The van der Waals surface area contributed by atoms with Gasteiger partial charge in [0.2, 0.25) is 0 Å². The summed E-state index contributed by atoms with van der Waals surface area (Å²) >= 11 is 7.73. The summed E-state index contributed by atoms with van der Waals surface area (Å²) < 4.78 is 0. The number of carboxylic acids is 1. The SMILES string of the molecule is O=C(O)CCNC(=O)c1ccc(CNc2ccc(C3CCCCC3)cc2-c2nc(-c3ccc(Cl)cc3)cs2)cc1. The van der Waals surface area contributed by atoms with E-state index in [0.29, 0.717) is 23.0 Å². The molecule has 0 radical (unpaired) electrons. The Morgan fingerprint density at radius 2 is 1.73 bits per heavy atom. The molecule has 0 unspecified atom stereocenters. The molecule has 0 atom stereocenters. The number of halogens is 1. The number of benzene rings is 3. The highest BCUT2D eigenvalue weighted by Gasteiger charge is 2.19. The van der Waals surface area contributed by atoms with Crippen LogP contribution in [0.25, 0.3) is 21.8 Å². The highest BCUT2D eigenvalue weighted by Crippen LogP contribution is 2.39. The topological polar surface area (TPSA) is 91.3 Å². The molecule has 3 N–H and O–H groups in total. The predicted octanol–water partition coefficient (Wildman–Crippen LogP) is 7.99. The number of rotatable bonds is 10. The van der Waals surface area contributed by atoms with Crippen molar-refractivity contribution in [2.75, 3.05) is 11.9 Å². The van der Waals surface area contributed by atoms with Crippen LogP contribution < -0.4 is 10.6 Å². The van der Waals surface area contributed by atoms with E-state index in [4.69, 9.17) is 21.7 Å². The van der Waals surface area contributed by atoms with Gasteiger partial charge in [0.25, 0.3) is 5.91 Å². The first-order chi connectivity index (χ1) is 19.5. The Balaban J connectivity index is 1.34. The van der Waals surface area contributed by atoms with Gasteiger partial charge in [0.15, 0.2) is 0 Å². The summed E-state index contributed by atoms with van der Waals surface area (Å²) in [6, 6.07) is 21.9. The molecule has 0 bridgehead atoms. The molecule has 1 saturated carbocycles. The van der Waals surface area contributed by atoms with Crippen molar-refractivity contribution in [3.63, 3.8) is 0 Å². The minimum atomic E-state index is -0.938. The average molecular weight is 574 g/mol. The van der Waals surface area contributed by atoms with Gasteiger partial charge in [-0.2, -0.15) is 0 Å². The van der Waals surface area contributed by atoms with Crippen molar-refractivity contribution in [2.24, 2.45) is 0 Å². The van der Waals surface area contributed by atoms with Crippen LogP contribution in [0.3, 0.4) is 0 Å². The second kappa shape index (κ2) is 13.1. The molecule has 1 heterocycles. The highest BCUT2D eigenvalue weighted by atomic mass is 35.5. The van der Waals surface area contributed by atoms with E-state index in [1.54, 1.807) is 23.5 Å². The fraction of sp³-hybridized carbons (Fsp3) is 0.281. The van der Waals surface area contributed by atoms with E-state index in [1.807, 2.05) is 36.4 Å². The summed E-state index contributed by atoms with van der Waals surface area (Å²) in [6.07, 6.45) is 6.25. The summed E-state index contributed by atoms with van der Waals surface area (Å²) in [5.74, 6) is -0.625. The molecule has 8 heteroatoms. The standard InChI is InChI=1S/C32H32ClN3O3S/c33-26-13-10-23(11-14-26)29-20-40-32(36-29)27-18-25(22-4-2-1-3-5-22)12-15-28(27)35-19-21-6-8-24(9-7-21)31(39)34-17-16-30(37)38/h6-15,18,20,22,35H,1-5,16-17,19H2,(H,34,39)(H,37,38). The molecule has 6 nitrogen and oxygen atoms in total. The van der Waals surface area contributed by atoms with Gasteiger partial charge in [0.1, 0.15) is 5.01 Å². The van der Waals surface area contributed by atoms with E-state index in [9.17, 15) is 9.59 Å². The molecular weight excluding hydrogens is 542 g/mol. The number of aliphatic carboxylic acids is 1. The number of nitrogens with zero attached hydrogens (tertiary/aromatic N) is 1. The molecule has 3 aromatic carbocycles. The molecule has 5 rings (SSSR count). The van der Waals surface area contributed by atoms with E-state index < -0.39 is 5.97 Å². The Morgan fingerprint density at radius 1 is 0.975 bits per heavy atom. The number of anilines is 1. The van der Waals surface area contributed by atoms with E-state index in [1.165, 1.54) is 37.7 Å². The number of hydrogen-bond acceptors (Lipinski definition) is 5. The van der Waals surface area contributed by atoms with Gasteiger partial charge in [-0.05, 0) is 66.3 Å². The number of aromatic nitrogens is 1. The zero-order valence-corrected chi connectivity index (χ0v) is 23.7. The van der Waals surface area contributed by atoms with Crippen LogP contribution in [-0.4, -0.2) is 28.5 Å². The number of carbonyl (C=O) groups excluding carboxylic acids is 1. The van der Waals surface area contributed by atoms with Gasteiger partial charge in [-0.15, -0.1) is 11.3 Å². The Kier molecular flexibility index (Phi) is 9.14. The largest absolute Gasteiger partial charge is 0.481 e. The van der Waals surface area contributed by atoms with Crippen LogP contribution >= 0.6 is 22.9 Å². The molecule has 4 aromatic rings. The summed E-state index contributed by atoms with van der Waals surface area (Å²) in [6.45, 7) is 0.694. The number of hydrogen-bond donors (Lipinski definition) is 3. The summed E-state index contributed by atoms with van der Waals surface area (Å²) in [5, 5.41) is 18.8. The second-order valence-corrected chi connectivity index (χ2v) is 11.4. The normalized spacial score (nSPS) is 13.6. The van der Waals surface area contributed by atoms with Crippen LogP contribution in [0.4, 0.5) is 5.69 Å². The Bertz CT molecular complexity index is 1460. The minimum absolute atomic E-state index is 0.101. The maximum Gasteiger partial charge on any atom is 0.305 e. The van der Waals surface area contributed by atoms with Gasteiger partial charge in [-0.3, -0.25) is 9.59 Å². The van der Waals surface area contributed by atoms with Crippen molar-refractivity contribution >= 4 is 40.5 Å². The Hall–Kier alpha value is -3.68. The molecule has 0 aliphatic heterocycles. The molecule has 206 valence electrons. The molecular formula is C32H32ClN3O3S. The van der Waals surface area contributed by atoms with E-state index >= 15 is 0 Å². The van der Waals surface area contributed by atoms with Crippen LogP contribution in [0, 0.1) is 0 Å². The Labute approximate surface area is 243 Å². The van der Waals surface area contributed by atoms with Crippen LogP contribution in [-0.2, 0) is 11.3 Å². The third kappa shape index (κ3) is 7.09. The Morgan fingerprint density at radius 3 is 2.45 bits per heavy atom. The number of nitrogens with one attached hydrogen (secondary N) is 2. The number of thiazole rings is 1. The first-order valence-corrected chi connectivity index (χ1v) is 14.9. The molecule has 1 aromatic heterocycles. The molecule has 0 spiro atoms. The third-order valence-corrected chi connectivity index (χ3v) is 8.45. The lowest BCUT2D eigenvalue weighted by atomic mass is 9.83. The average Bonchev–Trinajstić information content (AvgIpc) is 3.47. The van der Waals surface area contributed by atoms with Crippen molar-refractivity contribution in [3.8, 4) is 21.8 Å². The maximum absolute atomic E-state index is 12.3. The van der Waals surface area contributed by atoms with Crippen LogP contribution in [0.2, 0.25) is 5.02 Å². The van der Waals surface area contributed by atoms with Crippen molar-refractivity contribution in [3.05, 3.63) is 93.8 Å². The van der Waals surface area contributed by atoms with Gasteiger partial charge in [0.05, 0.1) is 12.1 Å². The summed E-state index contributed by atoms with van der Waals surface area (Å²) in [7, 11) is 0. The first-order valence-electron chi connectivity index (χ1n) is 13.6. The number of amides is 1. The molecule has 1 amide bonds. The van der Waals surface area contributed by atoms with Crippen molar-refractivity contribution < 1.29 is 14.7 Å². The second-order valence-electron chi connectivity index (χ2n) is 10.1. The highest BCUT2D eigenvalue weighted by molar-refractivity contribution is 7.13. The maximum atomic E-state index is 12.3. The molecule has 1 aliphatic carbocycles. The lowest BCUT2D eigenvalue weighted by Gasteiger charge is -2.23. The van der Waals surface area contributed by atoms with Gasteiger partial charge in [0, 0.05) is 45.9 Å². The van der Waals surface area contributed by atoms with Gasteiger partial charge in [-0.1, -0.05) is 61.2 Å². The van der Waals surface area contributed by atoms with Crippen LogP contribution in [0.1, 0.15) is 65.9 Å². The zero-order chi connectivity index (χ0) is 27.9. The smallest absolute Gasteiger partial charge is 0.305 e. The lowest BCUT2D eigenvalue weighted by molar-refractivity contribution is -0.136. The predicted molar refractivity (Wildman–Crippen MR) is 162 cm³/mol. The lowest BCUT2D eigenvalue weighted by Crippen LogP contribution is -2.25. The number of carboxylic acid groups (broad SMARTS) is 1. The van der Waals surface area contributed by atoms with Crippen molar-refractivity contribution in [2.45, 2.75) is 51.0 Å². The minimum Gasteiger partial charge on any atom is -0.481 e. The fourth-order valence-electron chi connectivity index (χ4n) is 5.09. The number of carbonyl (C=O) groups is 2. The molecule has 40 heavy (non-hydrogen) atoms. The monoisotopic (exact) mass is 573 g/mol. The van der Waals surface area contributed by atoms with Gasteiger partial charge < -0.3 is 15.7 Å². The van der Waals surface area contributed by atoms with E-state index in [0.717, 1.165) is 33.1 Å². The fourth-order valence-corrected chi connectivity index (χ4v) is 6.07. The summed E-state index contributed by atoms with van der Waals surface area (Å²) in [4.78, 5) is 27.9. The zero-order valence-electron chi connectivity index (χ0n) is 22.2. The van der Waals surface area contributed by atoms with Crippen LogP contribution in [0.5, 0.6) is 0 Å². The van der Waals surface area contributed by atoms with Crippen LogP contribution in [0.15, 0.2) is 72.1 Å². The quantitative estimate of drug-likeness (QED) is 0.179. The molecule has 1 aliphatic rings. The molecule has 0 saturated heterocycles. The molecule has 1 fully saturated rings. The third-order valence-electron chi connectivity index (χ3n) is 7.32. The van der Waals surface area contributed by atoms with Gasteiger partial charge >= 0.3 is 5.97 Å². The van der Waals surface area contributed by atoms with E-state index in [2.05, 4.69) is 34.2 Å². The first kappa shape index (κ1) is 27.9. The van der Waals surface area contributed by atoms with E-state index in [-0.39, 0.29) is 18.9 Å².